The summed E-state index contributed by atoms with van der Waals surface area (Å²) in [4.78, 5) is 24.8. The molecular formula is C36H72NO7P. The number of phosphoric ester groups is 1. The van der Waals surface area contributed by atoms with E-state index in [4.69, 9.17) is 18.5 Å². The van der Waals surface area contributed by atoms with Gasteiger partial charge in [0.25, 0.3) is 7.82 Å². The van der Waals surface area contributed by atoms with Crippen molar-refractivity contribution in [2.24, 2.45) is 0 Å². The van der Waals surface area contributed by atoms with Crippen LogP contribution in [-0.2, 0) is 27.9 Å². The maximum Gasteiger partial charge on any atom is 0.306 e. The number of hydrogen-bond donors (Lipinski definition) is 0. The number of rotatable bonds is 34. The molecule has 0 bridgehead atoms. The van der Waals surface area contributed by atoms with Crippen LogP contribution in [0.15, 0.2) is 12.2 Å². The number of carbonyl (C=O) groups is 1. The summed E-state index contributed by atoms with van der Waals surface area (Å²) in [5.74, 6) is -0.338. The Bertz CT molecular complexity index is 741. The molecule has 2 atom stereocenters. The first-order chi connectivity index (χ1) is 21.6. The van der Waals surface area contributed by atoms with Gasteiger partial charge in [0.1, 0.15) is 19.3 Å². The minimum Gasteiger partial charge on any atom is -0.756 e. The molecule has 0 saturated carbocycles. The van der Waals surface area contributed by atoms with Crippen molar-refractivity contribution in [2.45, 2.75) is 161 Å². The lowest BCUT2D eigenvalue weighted by Crippen LogP contribution is -2.37. The lowest BCUT2D eigenvalue weighted by atomic mass is 10.1. The molecule has 0 aromatic heterocycles. The Kier molecular flexibility index (Phi) is 30.0. The summed E-state index contributed by atoms with van der Waals surface area (Å²) in [5, 5.41) is 0. The molecule has 0 aliphatic carbocycles. The van der Waals surface area contributed by atoms with Crippen LogP contribution in [0, 0.1) is 0 Å². The predicted molar refractivity (Wildman–Crippen MR) is 185 cm³/mol. The zero-order valence-corrected chi connectivity index (χ0v) is 31.0. The Morgan fingerprint density at radius 2 is 1.18 bits per heavy atom. The number of likely N-dealkylation sites (N-methyl/N-ethyl adjacent to an activating group) is 1. The lowest BCUT2D eigenvalue weighted by molar-refractivity contribution is -0.870. The number of esters is 1. The molecule has 0 N–H and O–H groups in total. The van der Waals surface area contributed by atoms with E-state index < -0.39 is 13.9 Å². The smallest absolute Gasteiger partial charge is 0.306 e. The molecule has 45 heavy (non-hydrogen) atoms. The van der Waals surface area contributed by atoms with Crippen LogP contribution in [0.4, 0.5) is 0 Å². The van der Waals surface area contributed by atoms with Crippen LogP contribution in [0.3, 0.4) is 0 Å². The molecule has 0 spiro atoms. The third-order valence-corrected chi connectivity index (χ3v) is 8.78. The highest BCUT2D eigenvalue weighted by atomic mass is 31.2. The summed E-state index contributed by atoms with van der Waals surface area (Å²) < 4.78 is 34.3. The Labute approximate surface area is 278 Å². The van der Waals surface area contributed by atoms with Crippen molar-refractivity contribution < 1.29 is 37.3 Å². The number of quaternary nitrogens is 1. The second kappa shape index (κ2) is 30.6. The topological polar surface area (TPSA) is 94.1 Å². The summed E-state index contributed by atoms with van der Waals surface area (Å²) in [7, 11) is 1.36. The van der Waals surface area contributed by atoms with Gasteiger partial charge < -0.3 is 27.9 Å². The summed E-state index contributed by atoms with van der Waals surface area (Å²) in [5.41, 5.74) is 0. The number of nitrogens with zero attached hydrogens (tertiary/aromatic N) is 1. The van der Waals surface area contributed by atoms with E-state index in [0.717, 1.165) is 32.1 Å². The summed E-state index contributed by atoms with van der Waals surface area (Å²) in [6.07, 6.45) is 29.2. The Morgan fingerprint density at radius 3 is 1.76 bits per heavy atom. The molecule has 0 aromatic rings. The zero-order chi connectivity index (χ0) is 33.5. The Balaban J connectivity index is 4.32. The minimum atomic E-state index is -4.51. The summed E-state index contributed by atoms with van der Waals surface area (Å²) in [6.45, 7) is 5.36. The molecule has 0 radical (unpaired) electrons. The minimum absolute atomic E-state index is 0.0275. The van der Waals surface area contributed by atoms with Crippen molar-refractivity contribution >= 4 is 13.8 Å². The van der Waals surface area contributed by atoms with Crippen molar-refractivity contribution in [1.82, 2.24) is 0 Å². The van der Waals surface area contributed by atoms with Gasteiger partial charge in [-0.15, -0.1) is 0 Å². The van der Waals surface area contributed by atoms with Crippen LogP contribution < -0.4 is 4.89 Å². The standard InChI is InChI=1S/C36H72NO7P/c1-6-8-10-12-14-16-18-20-22-24-26-28-31-41-33-35(34-43-45(39,40)42-32-30-37(3,4)5)44-36(38)29-27-25-23-21-19-17-15-13-11-9-7-2/h12,14,35H,6-11,13,15-34H2,1-5H3/b14-12-. The van der Waals surface area contributed by atoms with Crippen LogP contribution in [0.25, 0.3) is 0 Å². The van der Waals surface area contributed by atoms with Gasteiger partial charge in [0.2, 0.25) is 0 Å². The van der Waals surface area contributed by atoms with Crippen LogP contribution in [0.2, 0.25) is 0 Å². The van der Waals surface area contributed by atoms with E-state index in [9.17, 15) is 14.3 Å². The van der Waals surface area contributed by atoms with Gasteiger partial charge in [-0.05, 0) is 32.1 Å². The highest BCUT2D eigenvalue weighted by molar-refractivity contribution is 7.45. The molecule has 0 aliphatic heterocycles. The summed E-state index contributed by atoms with van der Waals surface area (Å²) in [6, 6.07) is 0. The third kappa shape index (κ3) is 34.4. The highest BCUT2D eigenvalue weighted by Crippen LogP contribution is 2.38. The Hall–Kier alpha value is -0.760. The van der Waals surface area contributed by atoms with E-state index >= 15 is 0 Å². The highest BCUT2D eigenvalue weighted by Gasteiger charge is 2.20. The number of ether oxygens (including phenoxy) is 2. The number of carbonyl (C=O) groups excluding carboxylic acids is 1. The van der Waals surface area contributed by atoms with Gasteiger partial charge in [0.15, 0.2) is 0 Å². The van der Waals surface area contributed by atoms with Gasteiger partial charge in [-0.2, -0.15) is 0 Å². The molecule has 0 saturated heterocycles. The van der Waals surface area contributed by atoms with Gasteiger partial charge in [0, 0.05) is 13.0 Å². The van der Waals surface area contributed by atoms with Gasteiger partial charge in [-0.3, -0.25) is 9.36 Å². The second-order valence-electron chi connectivity index (χ2n) is 13.6. The molecule has 0 heterocycles. The molecular weight excluding hydrogens is 589 g/mol. The number of phosphoric acid groups is 1. The van der Waals surface area contributed by atoms with Crippen LogP contribution in [-0.4, -0.2) is 70.7 Å². The zero-order valence-electron chi connectivity index (χ0n) is 30.1. The van der Waals surface area contributed by atoms with Gasteiger partial charge >= 0.3 is 5.97 Å². The van der Waals surface area contributed by atoms with Crippen molar-refractivity contribution in [2.75, 3.05) is 54.1 Å². The fraction of sp³-hybridized carbons (Fsp3) is 0.917. The molecule has 8 nitrogen and oxygen atoms in total. The number of hydrogen-bond acceptors (Lipinski definition) is 7. The van der Waals surface area contributed by atoms with Crippen molar-refractivity contribution in [3.8, 4) is 0 Å². The molecule has 0 fully saturated rings. The van der Waals surface area contributed by atoms with Gasteiger partial charge in [-0.25, -0.2) is 0 Å². The quantitative estimate of drug-likeness (QED) is 0.0223. The Morgan fingerprint density at radius 1 is 0.667 bits per heavy atom. The lowest BCUT2D eigenvalue weighted by Gasteiger charge is -2.28. The fourth-order valence-electron chi connectivity index (χ4n) is 4.88. The molecule has 0 aromatic carbocycles. The average Bonchev–Trinajstić information content (AvgIpc) is 2.98. The molecule has 0 rings (SSSR count). The van der Waals surface area contributed by atoms with E-state index in [2.05, 4.69) is 26.0 Å². The summed E-state index contributed by atoms with van der Waals surface area (Å²) >= 11 is 0. The van der Waals surface area contributed by atoms with Gasteiger partial charge in [0.05, 0.1) is 34.4 Å². The molecule has 268 valence electrons. The van der Waals surface area contributed by atoms with E-state index in [-0.39, 0.29) is 25.8 Å². The molecule has 9 heteroatoms. The van der Waals surface area contributed by atoms with Crippen molar-refractivity contribution in [3.63, 3.8) is 0 Å². The van der Waals surface area contributed by atoms with Crippen molar-refractivity contribution in [3.05, 3.63) is 12.2 Å². The maximum atomic E-state index is 12.6. The molecule has 0 amide bonds. The monoisotopic (exact) mass is 662 g/mol. The first kappa shape index (κ1) is 44.2. The van der Waals surface area contributed by atoms with E-state index in [1.54, 1.807) is 0 Å². The number of allylic oxidation sites excluding steroid dienone is 2. The maximum absolute atomic E-state index is 12.6. The number of unbranched alkanes of at least 4 members (excludes halogenated alkanes) is 18. The van der Waals surface area contributed by atoms with Crippen molar-refractivity contribution in [1.29, 1.82) is 0 Å². The van der Waals surface area contributed by atoms with E-state index in [1.807, 2.05) is 21.1 Å². The first-order valence-corrected chi connectivity index (χ1v) is 19.9. The van der Waals surface area contributed by atoms with E-state index in [0.29, 0.717) is 24.1 Å². The van der Waals surface area contributed by atoms with E-state index in [1.165, 1.54) is 103 Å². The normalized spacial score (nSPS) is 14.2. The second-order valence-corrected chi connectivity index (χ2v) is 15.0. The predicted octanol–water partition coefficient (Wildman–Crippen LogP) is 9.30. The average molecular weight is 662 g/mol. The van der Waals surface area contributed by atoms with Crippen LogP contribution in [0.1, 0.15) is 155 Å². The van der Waals surface area contributed by atoms with Crippen LogP contribution >= 0.6 is 7.82 Å². The van der Waals surface area contributed by atoms with Crippen LogP contribution in [0.5, 0.6) is 0 Å². The van der Waals surface area contributed by atoms with Gasteiger partial charge in [-0.1, -0.05) is 129 Å². The molecule has 0 aliphatic rings. The third-order valence-electron chi connectivity index (χ3n) is 7.82. The SMILES string of the molecule is CCCC/C=C\CCCCCCCCOCC(COP(=O)([O-])OCC[N+](C)(C)C)OC(=O)CCCCCCCCCCCCC. The fourth-order valence-corrected chi connectivity index (χ4v) is 5.61. The largest absolute Gasteiger partial charge is 0.756 e. The first-order valence-electron chi connectivity index (χ1n) is 18.4. The molecule has 2 unspecified atom stereocenters.